The van der Waals surface area contributed by atoms with Gasteiger partial charge in [0, 0.05) is 4.90 Å². The van der Waals surface area contributed by atoms with Crippen molar-refractivity contribution in [2.24, 2.45) is 0 Å². The molecule has 0 atom stereocenters. The van der Waals surface area contributed by atoms with Crippen molar-refractivity contribution in [2.75, 3.05) is 0 Å². The Morgan fingerprint density at radius 2 is 1.90 bits per heavy atom. The zero-order valence-corrected chi connectivity index (χ0v) is 12.8. The summed E-state index contributed by atoms with van der Waals surface area (Å²) in [4.78, 5) is 20.6. The van der Waals surface area contributed by atoms with Crippen LogP contribution in [0.3, 0.4) is 0 Å². The smallest absolute Gasteiger partial charge is 0.258 e. The summed E-state index contributed by atoms with van der Waals surface area (Å²) in [6, 6.07) is 13.8. The molecule has 0 unspecified atom stereocenters. The first-order chi connectivity index (χ1) is 10.1. The highest BCUT2D eigenvalue weighted by molar-refractivity contribution is 7.98. The third kappa shape index (κ3) is 3.00. The van der Waals surface area contributed by atoms with Crippen molar-refractivity contribution in [1.82, 2.24) is 9.97 Å². The third-order valence-electron chi connectivity index (χ3n) is 3.52. The lowest BCUT2D eigenvalue weighted by atomic mass is 10.1. The SMILES string of the molecule is Cc1ccc(SCc2nc3ccccc3c(=O)[nH]2)cc1C. The number of nitrogens with one attached hydrogen (secondary N) is 1. The number of H-pyrrole nitrogens is 1. The number of aromatic amines is 1. The van der Waals surface area contributed by atoms with Crippen LogP contribution in [0.5, 0.6) is 0 Å². The molecule has 0 spiro atoms. The first kappa shape index (κ1) is 13.9. The van der Waals surface area contributed by atoms with E-state index < -0.39 is 0 Å². The minimum atomic E-state index is -0.0729. The maximum absolute atomic E-state index is 12.0. The summed E-state index contributed by atoms with van der Waals surface area (Å²) in [6.45, 7) is 4.21. The Morgan fingerprint density at radius 1 is 1.10 bits per heavy atom. The number of nitrogens with zero attached hydrogens (tertiary/aromatic N) is 1. The van der Waals surface area contributed by atoms with Gasteiger partial charge in [-0.05, 0) is 49.2 Å². The van der Waals surface area contributed by atoms with Crippen LogP contribution in [0.15, 0.2) is 52.2 Å². The van der Waals surface area contributed by atoms with Crippen molar-refractivity contribution in [3.63, 3.8) is 0 Å². The standard InChI is InChI=1S/C17H16N2OS/c1-11-7-8-13(9-12(11)2)21-10-16-18-15-6-4-3-5-14(15)17(20)19-16/h3-9H,10H2,1-2H3,(H,18,19,20). The molecule has 4 heteroatoms. The molecule has 0 saturated carbocycles. The average molecular weight is 296 g/mol. The molecular weight excluding hydrogens is 280 g/mol. The lowest BCUT2D eigenvalue weighted by Crippen LogP contribution is -2.11. The van der Waals surface area contributed by atoms with E-state index in [9.17, 15) is 4.79 Å². The van der Waals surface area contributed by atoms with Crippen molar-refractivity contribution >= 4 is 22.7 Å². The number of para-hydroxylation sites is 1. The normalized spacial score (nSPS) is 11.0. The van der Waals surface area contributed by atoms with Crippen LogP contribution in [-0.4, -0.2) is 9.97 Å². The lowest BCUT2D eigenvalue weighted by molar-refractivity contribution is 1.04. The van der Waals surface area contributed by atoms with Crippen LogP contribution < -0.4 is 5.56 Å². The number of aryl methyl sites for hydroxylation is 2. The Balaban J connectivity index is 1.85. The van der Waals surface area contributed by atoms with Crippen molar-refractivity contribution in [3.8, 4) is 0 Å². The average Bonchev–Trinajstić information content (AvgIpc) is 2.49. The Kier molecular flexibility index (Phi) is 3.80. The topological polar surface area (TPSA) is 45.8 Å². The maximum Gasteiger partial charge on any atom is 0.258 e. The van der Waals surface area contributed by atoms with Gasteiger partial charge in [0.05, 0.1) is 16.7 Å². The van der Waals surface area contributed by atoms with Gasteiger partial charge >= 0.3 is 0 Å². The molecule has 21 heavy (non-hydrogen) atoms. The van der Waals surface area contributed by atoms with Crippen LogP contribution in [0.4, 0.5) is 0 Å². The first-order valence-electron chi connectivity index (χ1n) is 6.81. The maximum atomic E-state index is 12.0. The second-order valence-corrected chi connectivity index (χ2v) is 6.11. The number of hydrogen-bond donors (Lipinski definition) is 1. The van der Waals surface area contributed by atoms with Gasteiger partial charge in [-0.25, -0.2) is 4.98 Å². The van der Waals surface area contributed by atoms with Gasteiger partial charge in [0.1, 0.15) is 5.82 Å². The van der Waals surface area contributed by atoms with E-state index >= 15 is 0 Å². The first-order valence-corrected chi connectivity index (χ1v) is 7.80. The number of rotatable bonds is 3. The molecule has 3 rings (SSSR count). The van der Waals surface area contributed by atoms with E-state index in [-0.39, 0.29) is 5.56 Å². The van der Waals surface area contributed by atoms with Gasteiger partial charge in [0.2, 0.25) is 0 Å². The summed E-state index contributed by atoms with van der Waals surface area (Å²) < 4.78 is 0. The largest absolute Gasteiger partial charge is 0.309 e. The molecule has 0 aliphatic rings. The minimum absolute atomic E-state index is 0.0729. The van der Waals surface area contributed by atoms with E-state index in [1.54, 1.807) is 17.8 Å². The van der Waals surface area contributed by atoms with E-state index in [0.717, 1.165) is 5.52 Å². The third-order valence-corrected chi connectivity index (χ3v) is 4.52. The van der Waals surface area contributed by atoms with E-state index in [2.05, 4.69) is 42.0 Å². The molecule has 106 valence electrons. The van der Waals surface area contributed by atoms with E-state index in [0.29, 0.717) is 17.0 Å². The van der Waals surface area contributed by atoms with Gasteiger partial charge in [-0.15, -0.1) is 11.8 Å². The summed E-state index contributed by atoms with van der Waals surface area (Å²) >= 11 is 1.68. The predicted molar refractivity (Wildman–Crippen MR) is 87.8 cm³/mol. The molecule has 3 nitrogen and oxygen atoms in total. The highest BCUT2D eigenvalue weighted by atomic mass is 32.2. The molecule has 0 bridgehead atoms. The Labute approximate surface area is 127 Å². The molecule has 1 N–H and O–H groups in total. The zero-order valence-electron chi connectivity index (χ0n) is 12.0. The summed E-state index contributed by atoms with van der Waals surface area (Å²) in [5.41, 5.74) is 3.24. The number of fused-ring (bicyclic) bond motifs is 1. The molecule has 0 aliphatic heterocycles. The minimum Gasteiger partial charge on any atom is -0.309 e. The molecular formula is C17H16N2OS. The summed E-state index contributed by atoms with van der Waals surface area (Å²) in [7, 11) is 0. The van der Waals surface area contributed by atoms with Gasteiger partial charge in [-0.2, -0.15) is 0 Å². The van der Waals surface area contributed by atoms with Crippen molar-refractivity contribution < 1.29 is 0 Å². The molecule has 0 fully saturated rings. The number of benzene rings is 2. The molecule has 3 aromatic rings. The van der Waals surface area contributed by atoms with Crippen LogP contribution in [0.1, 0.15) is 17.0 Å². The number of hydrogen-bond acceptors (Lipinski definition) is 3. The summed E-state index contributed by atoms with van der Waals surface area (Å²) in [5, 5.41) is 0.637. The quantitative estimate of drug-likeness (QED) is 0.747. The van der Waals surface area contributed by atoms with Gasteiger partial charge in [0.25, 0.3) is 5.56 Å². The summed E-state index contributed by atoms with van der Waals surface area (Å²) in [6.07, 6.45) is 0. The second kappa shape index (κ2) is 5.74. The van der Waals surface area contributed by atoms with Crippen molar-refractivity contribution in [3.05, 3.63) is 69.8 Å². The fraction of sp³-hybridized carbons (Fsp3) is 0.176. The van der Waals surface area contributed by atoms with E-state index in [4.69, 9.17) is 0 Å². The molecule has 1 aromatic heterocycles. The van der Waals surface area contributed by atoms with Crippen molar-refractivity contribution in [1.29, 1.82) is 0 Å². The van der Waals surface area contributed by atoms with Crippen LogP contribution in [0.2, 0.25) is 0 Å². The molecule has 0 aliphatic carbocycles. The Hall–Kier alpha value is -2.07. The Morgan fingerprint density at radius 3 is 2.71 bits per heavy atom. The predicted octanol–water partition coefficient (Wildman–Crippen LogP) is 3.83. The van der Waals surface area contributed by atoms with E-state index in [1.807, 2.05) is 18.2 Å². The van der Waals surface area contributed by atoms with Gasteiger partial charge < -0.3 is 4.98 Å². The molecule has 2 aromatic carbocycles. The lowest BCUT2D eigenvalue weighted by Gasteiger charge is -2.05. The molecule has 1 heterocycles. The van der Waals surface area contributed by atoms with Gasteiger partial charge in [0.15, 0.2) is 0 Å². The van der Waals surface area contributed by atoms with E-state index in [1.165, 1.54) is 16.0 Å². The molecule has 0 saturated heterocycles. The number of thioether (sulfide) groups is 1. The fourth-order valence-corrected chi connectivity index (χ4v) is 3.02. The Bertz CT molecular complexity index is 855. The zero-order chi connectivity index (χ0) is 14.8. The van der Waals surface area contributed by atoms with Gasteiger partial charge in [-0.3, -0.25) is 4.79 Å². The van der Waals surface area contributed by atoms with Crippen LogP contribution in [0.25, 0.3) is 10.9 Å². The monoisotopic (exact) mass is 296 g/mol. The fourth-order valence-electron chi connectivity index (χ4n) is 2.16. The van der Waals surface area contributed by atoms with Crippen LogP contribution in [-0.2, 0) is 5.75 Å². The van der Waals surface area contributed by atoms with Crippen LogP contribution in [0, 0.1) is 13.8 Å². The highest BCUT2D eigenvalue weighted by Gasteiger charge is 2.04. The molecule has 0 radical (unpaired) electrons. The number of aromatic nitrogens is 2. The van der Waals surface area contributed by atoms with Crippen molar-refractivity contribution in [2.45, 2.75) is 24.5 Å². The van der Waals surface area contributed by atoms with Crippen LogP contribution >= 0.6 is 11.8 Å². The van der Waals surface area contributed by atoms with Gasteiger partial charge in [-0.1, -0.05) is 18.2 Å². The summed E-state index contributed by atoms with van der Waals surface area (Å²) in [5.74, 6) is 1.37. The highest BCUT2D eigenvalue weighted by Crippen LogP contribution is 2.23. The molecule has 0 amide bonds. The second-order valence-electron chi connectivity index (χ2n) is 5.06.